The molecule has 1 fully saturated rings. The van der Waals surface area contributed by atoms with Gasteiger partial charge in [-0.1, -0.05) is 64.7 Å². The van der Waals surface area contributed by atoms with Crippen molar-refractivity contribution in [3.63, 3.8) is 0 Å². The second-order valence-electron chi connectivity index (χ2n) is 5.36. The number of rotatable bonds is 11. The molecule has 5 heteroatoms. The van der Waals surface area contributed by atoms with Crippen LogP contribution in [0.5, 0.6) is 0 Å². The molecule has 0 atom stereocenters. The first-order chi connectivity index (χ1) is 9.23. The highest BCUT2D eigenvalue weighted by molar-refractivity contribution is 7.50. The van der Waals surface area contributed by atoms with Gasteiger partial charge in [0.1, 0.15) is 0 Å². The van der Waals surface area contributed by atoms with Gasteiger partial charge in [0.2, 0.25) is 0 Å². The number of phosphoric ester groups is 1. The highest BCUT2D eigenvalue weighted by Crippen LogP contribution is 2.70. The van der Waals surface area contributed by atoms with Gasteiger partial charge in [0.25, 0.3) is 0 Å². The largest absolute Gasteiger partial charge is 0.651 e. The second-order valence-corrected chi connectivity index (χ2v) is 6.81. The number of fused-ring (bicyclic) bond motifs is 1. The molecule has 0 saturated carbocycles. The molecule has 0 spiro atoms. The second kappa shape index (κ2) is 7.23. The van der Waals surface area contributed by atoms with Crippen molar-refractivity contribution in [2.45, 2.75) is 77.6 Å². The average Bonchev–Trinajstić information content (AvgIpc) is 2.84. The van der Waals surface area contributed by atoms with Crippen molar-refractivity contribution in [1.29, 1.82) is 0 Å². The van der Waals surface area contributed by atoms with E-state index in [1.807, 2.05) is 0 Å². The fourth-order valence-electron chi connectivity index (χ4n) is 2.44. The summed E-state index contributed by atoms with van der Waals surface area (Å²) in [6.45, 7) is 2.25. The fourth-order valence-corrected chi connectivity index (χ4v) is 3.58. The highest BCUT2D eigenvalue weighted by Gasteiger charge is 2.55. The first-order valence-corrected chi connectivity index (χ1v) is 9.11. The Bertz CT molecular complexity index is 352. The summed E-state index contributed by atoms with van der Waals surface area (Å²) in [6.07, 6.45) is 13.9. The molecular formula is C14H25O4P. The van der Waals surface area contributed by atoms with E-state index in [4.69, 9.17) is 13.6 Å². The van der Waals surface area contributed by atoms with E-state index in [1.165, 1.54) is 57.8 Å². The molecule has 0 aromatic heterocycles. The third-order valence-electron chi connectivity index (χ3n) is 3.60. The van der Waals surface area contributed by atoms with Crippen LogP contribution in [-0.4, -0.2) is 0 Å². The molecule has 3 rings (SSSR count). The van der Waals surface area contributed by atoms with Crippen molar-refractivity contribution in [2.24, 2.45) is 0 Å². The molecule has 0 aromatic rings. The van der Waals surface area contributed by atoms with E-state index in [1.54, 1.807) is 0 Å². The molecule has 2 bridgehead atoms. The quantitative estimate of drug-likeness (QED) is 0.364. The summed E-state index contributed by atoms with van der Waals surface area (Å²) < 4.78 is 26.1. The number of allylic oxidation sites excluding steroid dienone is 1. The summed E-state index contributed by atoms with van der Waals surface area (Å²) in [5.41, 5.74) is 0. The molecule has 3 heterocycles. The predicted molar refractivity (Wildman–Crippen MR) is 74.3 cm³/mol. The van der Waals surface area contributed by atoms with Gasteiger partial charge < -0.3 is 13.6 Å². The Hall–Kier alpha value is -0.630. The molecule has 3 aliphatic rings. The maximum absolute atomic E-state index is 11.3. The zero-order valence-electron chi connectivity index (χ0n) is 11.9. The highest BCUT2D eigenvalue weighted by atomic mass is 31.2. The molecule has 110 valence electrons. The molecule has 19 heavy (non-hydrogen) atoms. The molecule has 0 radical (unpaired) electrons. The predicted octanol–water partition coefficient (Wildman–Crippen LogP) is 5.65. The molecule has 0 aromatic carbocycles. The topological polar surface area (TPSA) is 44.8 Å². The van der Waals surface area contributed by atoms with E-state index in [0.29, 0.717) is 11.7 Å². The third-order valence-corrected chi connectivity index (χ3v) is 4.82. The van der Waals surface area contributed by atoms with Gasteiger partial charge in [0, 0.05) is 6.42 Å². The lowest BCUT2D eigenvalue weighted by atomic mass is 10.1. The smallest absolute Gasteiger partial charge is 0.383 e. The molecule has 0 amide bonds. The SMILES string of the molecule is CCCCCCCCCCCCC1=C2OP(=O)(O1)O2. The van der Waals surface area contributed by atoms with Crippen LogP contribution in [0.1, 0.15) is 77.6 Å². The standard InChI is InChI=1S/C14H25O4P/c1-2-3-4-5-6-7-8-9-10-11-12-13-14-17-19(15,16-13)18-14/h2-12H2,1H3. The minimum absolute atomic E-state index is 0.360. The van der Waals surface area contributed by atoms with Gasteiger partial charge in [-0.05, 0) is 6.42 Å². The van der Waals surface area contributed by atoms with Crippen molar-refractivity contribution < 1.29 is 18.1 Å². The van der Waals surface area contributed by atoms with Gasteiger partial charge in [0.05, 0.1) is 0 Å². The lowest BCUT2D eigenvalue weighted by molar-refractivity contribution is 0.0985. The molecule has 1 saturated heterocycles. The molecule has 0 aliphatic carbocycles. The van der Waals surface area contributed by atoms with Crippen LogP contribution in [-0.2, 0) is 18.1 Å². The van der Waals surface area contributed by atoms with Crippen LogP contribution >= 0.6 is 7.82 Å². The van der Waals surface area contributed by atoms with E-state index in [2.05, 4.69) is 6.92 Å². The third kappa shape index (κ3) is 4.45. The van der Waals surface area contributed by atoms with Crippen LogP contribution in [0.25, 0.3) is 0 Å². The lowest BCUT2D eigenvalue weighted by Crippen LogP contribution is -1.99. The lowest BCUT2D eigenvalue weighted by Gasteiger charge is -2.15. The Kier molecular flexibility index (Phi) is 5.62. The minimum atomic E-state index is -3.11. The Labute approximate surface area is 116 Å². The molecule has 0 N–H and O–H groups in total. The van der Waals surface area contributed by atoms with E-state index >= 15 is 0 Å². The Morgan fingerprint density at radius 3 is 1.79 bits per heavy atom. The zero-order valence-corrected chi connectivity index (χ0v) is 12.8. The monoisotopic (exact) mass is 288 g/mol. The van der Waals surface area contributed by atoms with Crippen LogP contribution < -0.4 is 0 Å². The number of unbranched alkanes of at least 4 members (excludes halogenated alkanes) is 9. The van der Waals surface area contributed by atoms with Crippen LogP contribution in [0.4, 0.5) is 0 Å². The fraction of sp³-hybridized carbons (Fsp3) is 0.857. The summed E-state index contributed by atoms with van der Waals surface area (Å²) in [4.78, 5) is 0. The van der Waals surface area contributed by atoms with E-state index < -0.39 is 7.82 Å². The van der Waals surface area contributed by atoms with E-state index in [9.17, 15) is 4.57 Å². The Morgan fingerprint density at radius 2 is 1.32 bits per heavy atom. The van der Waals surface area contributed by atoms with E-state index in [0.717, 1.165) is 12.8 Å². The van der Waals surface area contributed by atoms with Gasteiger partial charge in [0.15, 0.2) is 5.76 Å². The number of hydrogen-bond acceptors (Lipinski definition) is 4. The van der Waals surface area contributed by atoms with Gasteiger partial charge in [-0.3, -0.25) is 0 Å². The summed E-state index contributed by atoms with van der Waals surface area (Å²) in [7, 11) is -3.11. The Balaban J connectivity index is 1.37. The van der Waals surface area contributed by atoms with Gasteiger partial charge in [-0.2, -0.15) is 4.57 Å². The summed E-state index contributed by atoms with van der Waals surface area (Å²) >= 11 is 0. The summed E-state index contributed by atoms with van der Waals surface area (Å²) in [5.74, 6) is 1.02. The van der Waals surface area contributed by atoms with Crippen LogP contribution in [0.15, 0.2) is 11.7 Å². The zero-order chi connectivity index (χ0) is 13.6. The first-order valence-electron chi connectivity index (χ1n) is 7.65. The average molecular weight is 288 g/mol. The van der Waals surface area contributed by atoms with Crippen molar-refractivity contribution >= 4 is 7.82 Å². The normalized spacial score (nSPS) is 18.6. The molecular weight excluding hydrogens is 263 g/mol. The first kappa shape index (κ1) is 14.8. The van der Waals surface area contributed by atoms with Crippen molar-refractivity contribution in [3.8, 4) is 0 Å². The minimum Gasteiger partial charge on any atom is -0.383 e. The van der Waals surface area contributed by atoms with E-state index in [-0.39, 0.29) is 0 Å². The van der Waals surface area contributed by atoms with Crippen molar-refractivity contribution in [2.75, 3.05) is 0 Å². The maximum atomic E-state index is 11.3. The van der Waals surface area contributed by atoms with Crippen molar-refractivity contribution in [3.05, 3.63) is 11.7 Å². The van der Waals surface area contributed by atoms with Crippen LogP contribution in [0, 0.1) is 0 Å². The Morgan fingerprint density at radius 1 is 0.789 bits per heavy atom. The molecule has 0 unspecified atom stereocenters. The summed E-state index contributed by atoms with van der Waals surface area (Å²) in [6, 6.07) is 0. The van der Waals surface area contributed by atoms with Crippen molar-refractivity contribution in [1.82, 2.24) is 0 Å². The van der Waals surface area contributed by atoms with Gasteiger partial charge in [-0.25, -0.2) is 0 Å². The van der Waals surface area contributed by atoms with Crippen LogP contribution in [0.3, 0.4) is 0 Å². The molecule has 4 nitrogen and oxygen atoms in total. The van der Waals surface area contributed by atoms with Gasteiger partial charge >= 0.3 is 13.8 Å². The summed E-state index contributed by atoms with van der Waals surface area (Å²) in [5, 5.41) is 0. The van der Waals surface area contributed by atoms with Crippen LogP contribution in [0.2, 0.25) is 0 Å². The number of phosphoric acid groups is 1. The number of hydrogen-bond donors (Lipinski definition) is 0. The van der Waals surface area contributed by atoms with Gasteiger partial charge in [-0.15, -0.1) is 0 Å². The maximum Gasteiger partial charge on any atom is 0.651 e. The molecule has 3 aliphatic heterocycles.